The Labute approximate surface area is 212 Å². The van der Waals surface area contributed by atoms with E-state index in [-0.39, 0.29) is 22.0 Å². The molecule has 1 atom stereocenters. The highest BCUT2D eigenvalue weighted by atomic mass is 32.2. The van der Waals surface area contributed by atoms with Crippen LogP contribution < -0.4 is 20.1 Å². The van der Waals surface area contributed by atoms with Crippen LogP contribution in [0.1, 0.15) is 41.8 Å². The molecule has 0 radical (unpaired) electrons. The summed E-state index contributed by atoms with van der Waals surface area (Å²) in [5.41, 5.74) is 3.22. The maximum atomic E-state index is 12.8. The number of carbonyl (C=O) groups excluding carboxylic acids is 1. The maximum absolute atomic E-state index is 12.8. The van der Waals surface area contributed by atoms with E-state index in [4.69, 9.17) is 17.0 Å². The van der Waals surface area contributed by atoms with Gasteiger partial charge in [-0.2, -0.15) is 0 Å². The molecular weight excluding hydrogens is 482 g/mol. The Kier molecular flexibility index (Phi) is 8.48. The van der Waals surface area contributed by atoms with Crippen LogP contribution in [-0.4, -0.2) is 25.5 Å². The Bertz CT molecular complexity index is 1290. The highest BCUT2D eigenvalue weighted by molar-refractivity contribution is 7.92. The zero-order valence-electron chi connectivity index (χ0n) is 20.1. The molecule has 0 fully saturated rings. The number of amides is 1. The molecule has 0 spiro atoms. The minimum absolute atomic E-state index is 0.0928. The van der Waals surface area contributed by atoms with Gasteiger partial charge in [0.25, 0.3) is 15.9 Å². The second kappa shape index (κ2) is 11.3. The first-order chi connectivity index (χ1) is 16.6. The van der Waals surface area contributed by atoms with Crippen molar-refractivity contribution in [3.63, 3.8) is 0 Å². The van der Waals surface area contributed by atoms with E-state index in [1.165, 1.54) is 12.1 Å². The predicted octanol–water partition coefficient (Wildman–Crippen LogP) is 5.41. The fraction of sp³-hybridized carbons (Fsp3) is 0.231. The third-order valence-electron chi connectivity index (χ3n) is 5.40. The number of para-hydroxylation sites is 1. The van der Waals surface area contributed by atoms with Crippen LogP contribution in [0.3, 0.4) is 0 Å². The van der Waals surface area contributed by atoms with Crippen LogP contribution in [-0.2, 0) is 10.0 Å². The summed E-state index contributed by atoms with van der Waals surface area (Å²) < 4.78 is 34.0. The quantitative estimate of drug-likeness (QED) is 0.350. The van der Waals surface area contributed by atoms with Crippen molar-refractivity contribution in [3.05, 3.63) is 83.4 Å². The Morgan fingerprint density at radius 3 is 2.14 bits per heavy atom. The number of sulfonamides is 1. The van der Waals surface area contributed by atoms with E-state index < -0.39 is 10.0 Å². The van der Waals surface area contributed by atoms with E-state index in [9.17, 15) is 13.2 Å². The predicted molar refractivity (Wildman–Crippen MR) is 144 cm³/mol. The summed E-state index contributed by atoms with van der Waals surface area (Å²) in [6.45, 7) is 7.72. The van der Waals surface area contributed by atoms with E-state index in [0.29, 0.717) is 22.7 Å². The van der Waals surface area contributed by atoms with E-state index >= 15 is 0 Å². The second-order valence-corrected chi connectivity index (χ2v) is 10.3. The maximum Gasteiger partial charge on any atom is 0.261 e. The van der Waals surface area contributed by atoms with Crippen LogP contribution in [0.2, 0.25) is 0 Å². The molecule has 0 saturated heterocycles. The highest BCUT2D eigenvalue weighted by Gasteiger charge is 2.17. The normalized spacial score (nSPS) is 11.9. The van der Waals surface area contributed by atoms with Gasteiger partial charge in [-0.15, -0.1) is 0 Å². The van der Waals surface area contributed by atoms with Crippen molar-refractivity contribution in [3.8, 4) is 5.75 Å². The molecule has 0 aliphatic rings. The first-order valence-electron chi connectivity index (χ1n) is 11.2. The van der Waals surface area contributed by atoms with Gasteiger partial charge in [-0.3, -0.25) is 14.8 Å². The van der Waals surface area contributed by atoms with Gasteiger partial charge in [-0.1, -0.05) is 25.1 Å². The number of ether oxygens (including phenoxy) is 1. The van der Waals surface area contributed by atoms with Crippen molar-refractivity contribution in [1.82, 2.24) is 5.32 Å². The summed E-state index contributed by atoms with van der Waals surface area (Å²) in [4.78, 5) is 12.6. The van der Waals surface area contributed by atoms with Crippen molar-refractivity contribution >= 4 is 44.6 Å². The summed E-state index contributed by atoms with van der Waals surface area (Å²) in [5.74, 6) is 0.327. The fourth-order valence-corrected chi connectivity index (χ4v) is 4.64. The lowest BCUT2D eigenvalue weighted by molar-refractivity contribution is 0.0977. The molecule has 3 aromatic carbocycles. The molecule has 0 aliphatic heterocycles. The van der Waals surface area contributed by atoms with Crippen LogP contribution in [0.4, 0.5) is 11.4 Å². The zero-order chi connectivity index (χ0) is 25.6. The van der Waals surface area contributed by atoms with Gasteiger partial charge in [0.15, 0.2) is 5.11 Å². The number of thiocarbonyl (C=S) groups is 1. The third-order valence-corrected chi connectivity index (χ3v) is 6.97. The Hall–Kier alpha value is -3.43. The van der Waals surface area contributed by atoms with E-state index in [2.05, 4.69) is 15.4 Å². The van der Waals surface area contributed by atoms with Gasteiger partial charge in [0.2, 0.25) is 0 Å². The lowest BCUT2D eigenvalue weighted by Crippen LogP contribution is -2.34. The van der Waals surface area contributed by atoms with Crippen LogP contribution in [0.15, 0.2) is 71.6 Å². The fourth-order valence-electron chi connectivity index (χ4n) is 3.22. The molecule has 7 nitrogen and oxygen atoms in total. The van der Waals surface area contributed by atoms with Crippen molar-refractivity contribution in [2.24, 2.45) is 0 Å². The number of aryl methyl sites for hydroxylation is 2. The number of anilines is 2. The first kappa shape index (κ1) is 26.2. The molecule has 0 bridgehead atoms. The van der Waals surface area contributed by atoms with Crippen molar-refractivity contribution < 1.29 is 17.9 Å². The minimum atomic E-state index is -3.76. The van der Waals surface area contributed by atoms with Crippen LogP contribution in [0.5, 0.6) is 5.75 Å². The van der Waals surface area contributed by atoms with Crippen molar-refractivity contribution in [2.45, 2.75) is 45.1 Å². The lowest BCUT2D eigenvalue weighted by Gasteiger charge is -2.14. The molecule has 0 heterocycles. The molecule has 3 aromatic rings. The third kappa shape index (κ3) is 7.03. The van der Waals surface area contributed by atoms with Gasteiger partial charge in [0.05, 0.1) is 16.7 Å². The highest BCUT2D eigenvalue weighted by Crippen LogP contribution is 2.24. The van der Waals surface area contributed by atoms with Crippen molar-refractivity contribution in [1.29, 1.82) is 0 Å². The molecule has 1 amide bonds. The van der Waals surface area contributed by atoms with Crippen molar-refractivity contribution in [2.75, 3.05) is 10.0 Å². The van der Waals surface area contributed by atoms with E-state index in [0.717, 1.165) is 17.5 Å². The summed E-state index contributed by atoms with van der Waals surface area (Å²) in [7, 11) is -3.76. The summed E-state index contributed by atoms with van der Waals surface area (Å²) in [6, 6.07) is 18.5. The second-order valence-electron chi connectivity index (χ2n) is 8.17. The Balaban J connectivity index is 1.60. The van der Waals surface area contributed by atoms with Gasteiger partial charge in [-0.05, 0) is 99.1 Å². The zero-order valence-corrected chi connectivity index (χ0v) is 21.7. The minimum Gasteiger partial charge on any atom is -0.491 e. The first-order valence-corrected chi connectivity index (χ1v) is 13.1. The molecular formula is C26H29N3O4S2. The summed E-state index contributed by atoms with van der Waals surface area (Å²) in [6.07, 6.45) is 0.980. The van der Waals surface area contributed by atoms with Gasteiger partial charge < -0.3 is 10.1 Å². The van der Waals surface area contributed by atoms with Gasteiger partial charge in [-0.25, -0.2) is 8.42 Å². The molecule has 1 unspecified atom stereocenters. The number of hydrogen-bond donors (Lipinski definition) is 3. The standard InChI is InChI=1S/C26H29N3O4S2/c1-5-19(4)33-22-13-9-20(10-14-22)25(30)28-26(34)27-21-11-15-23(16-12-21)35(31,32)29-24-17(2)7-6-8-18(24)3/h6-16,19,29H,5H2,1-4H3,(H2,27,28,30,34). The van der Waals surface area contributed by atoms with Gasteiger partial charge in [0.1, 0.15) is 5.75 Å². The molecule has 0 saturated carbocycles. The Morgan fingerprint density at radius 1 is 0.971 bits per heavy atom. The molecule has 35 heavy (non-hydrogen) atoms. The lowest BCUT2D eigenvalue weighted by atomic mass is 10.1. The molecule has 0 aliphatic carbocycles. The SMILES string of the molecule is CCC(C)Oc1ccc(C(=O)NC(=S)Nc2ccc(S(=O)(=O)Nc3c(C)cccc3C)cc2)cc1. The number of nitrogens with one attached hydrogen (secondary N) is 3. The smallest absolute Gasteiger partial charge is 0.261 e. The average Bonchev–Trinajstić information content (AvgIpc) is 2.82. The summed E-state index contributed by atoms with van der Waals surface area (Å²) >= 11 is 5.23. The van der Waals surface area contributed by atoms with Crippen LogP contribution in [0, 0.1) is 13.8 Å². The Morgan fingerprint density at radius 2 is 1.57 bits per heavy atom. The number of rotatable bonds is 8. The molecule has 0 aromatic heterocycles. The number of carbonyl (C=O) groups is 1. The molecule has 184 valence electrons. The van der Waals surface area contributed by atoms with Crippen LogP contribution in [0.25, 0.3) is 0 Å². The molecule has 3 rings (SSSR count). The average molecular weight is 512 g/mol. The van der Waals surface area contributed by atoms with E-state index in [1.807, 2.05) is 45.9 Å². The molecule has 3 N–H and O–H groups in total. The van der Waals surface area contributed by atoms with Gasteiger partial charge >= 0.3 is 0 Å². The van der Waals surface area contributed by atoms with E-state index in [1.54, 1.807) is 36.4 Å². The summed E-state index contributed by atoms with van der Waals surface area (Å²) in [5, 5.41) is 5.61. The topological polar surface area (TPSA) is 96.5 Å². The number of benzene rings is 3. The van der Waals surface area contributed by atoms with Crippen LogP contribution >= 0.6 is 12.2 Å². The molecule has 9 heteroatoms. The van der Waals surface area contributed by atoms with Gasteiger partial charge in [0, 0.05) is 11.3 Å². The number of hydrogen-bond acceptors (Lipinski definition) is 5. The largest absolute Gasteiger partial charge is 0.491 e. The monoisotopic (exact) mass is 511 g/mol.